The molecule has 1 N–H and O–H groups in total. The first kappa shape index (κ1) is 17.0. The third-order valence-electron chi connectivity index (χ3n) is 2.35. The van der Waals surface area contributed by atoms with E-state index in [0.717, 1.165) is 0 Å². The first-order chi connectivity index (χ1) is 10.1. The maximum Gasteiger partial charge on any atom is 0.337 e. The van der Waals surface area contributed by atoms with Gasteiger partial charge in [-0.05, 0) is 31.2 Å². The summed E-state index contributed by atoms with van der Waals surface area (Å²) in [5, 5.41) is 2.67. The van der Waals surface area contributed by atoms with Crippen molar-refractivity contribution in [2.75, 3.05) is 30.5 Å². The summed E-state index contributed by atoms with van der Waals surface area (Å²) in [6.45, 7) is 2.06. The van der Waals surface area contributed by atoms with E-state index in [1.54, 1.807) is 31.2 Å². The lowest BCUT2D eigenvalue weighted by atomic mass is 10.2. The maximum atomic E-state index is 11.7. The van der Waals surface area contributed by atoms with Crippen molar-refractivity contribution in [1.82, 2.24) is 0 Å². The van der Waals surface area contributed by atoms with E-state index < -0.39 is 5.97 Å². The van der Waals surface area contributed by atoms with Crippen LogP contribution >= 0.6 is 11.8 Å². The molecule has 0 aliphatic rings. The number of carbonyl (C=O) groups is 3. The Hall–Kier alpha value is -2.02. The summed E-state index contributed by atoms with van der Waals surface area (Å²) in [4.78, 5) is 34.0. The van der Waals surface area contributed by atoms with Gasteiger partial charge in [0.2, 0.25) is 5.91 Å². The highest BCUT2D eigenvalue weighted by molar-refractivity contribution is 8.00. The summed E-state index contributed by atoms with van der Waals surface area (Å²) in [5.41, 5.74) is 0.983. The summed E-state index contributed by atoms with van der Waals surface area (Å²) in [7, 11) is 1.30. The molecular formula is C14H17NO5S. The number of hydrogen-bond acceptors (Lipinski definition) is 6. The third kappa shape index (κ3) is 6.31. The van der Waals surface area contributed by atoms with Gasteiger partial charge in [-0.1, -0.05) is 0 Å². The summed E-state index contributed by atoms with van der Waals surface area (Å²) in [6.07, 6.45) is 0. The molecule has 0 saturated heterocycles. The Morgan fingerprint density at radius 1 is 1.14 bits per heavy atom. The highest BCUT2D eigenvalue weighted by Crippen LogP contribution is 2.11. The van der Waals surface area contributed by atoms with E-state index in [1.165, 1.54) is 18.9 Å². The molecule has 0 spiro atoms. The smallest absolute Gasteiger partial charge is 0.337 e. The van der Waals surface area contributed by atoms with Crippen LogP contribution < -0.4 is 5.32 Å². The molecule has 0 heterocycles. The second kappa shape index (κ2) is 9.02. The Morgan fingerprint density at radius 2 is 1.81 bits per heavy atom. The summed E-state index contributed by atoms with van der Waals surface area (Å²) < 4.78 is 9.33. The number of hydrogen-bond donors (Lipinski definition) is 1. The van der Waals surface area contributed by atoms with Gasteiger partial charge in [0.05, 0.1) is 30.8 Å². The maximum absolute atomic E-state index is 11.7. The van der Waals surface area contributed by atoms with Gasteiger partial charge in [0.25, 0.3) is 0 Å². The standard InChI is InChI=1S/C14H17NO5S/c1-3-20-13(17)9-21-8-12(16)15-11-6-4-10(5-7-11)14(18)19-2/h4-7H,3,8-9H2,1-2H3,(H,15,16). The molecule has 0 aliphatic heterocycles. The largest absolute Gasteiger partial charge is 0.465 e. The normalized spacial score (nSPS) is 9.81. The number of rotatable bonds is 7. The zero-order valence-corrected chi connectivity index (χ0v) is 12.7. The van der Waals surface area contributed by atoms with Gasteiger partial charge in [0.15, 0.2) is 0 Å². The van der Waals surface area contributed by atoms with Gasteiger partial charge < -0.3 is 14.8 Å². The highest BCUT2D eigenvalue weighted by atomic mass is 32.2. The summed E-state index contributed by atoms with van der Waals surface area (Å²) >= 11 is 1.18. The number of amides is 1. The van der Waals surface area contributed by atoms with Crippen molar-refractivity contribution >= 4 is 35.3 Å². The molecule has 21 heavy (non-hydrogen) atoms. The first-order valence-corrected chi connectivity index (χ1v) is 7.44. The topological polar surface area (TPSA) is 81.7 Å². The van der Waals surface area contributed by atoms with E-state index in [4.69, 9.17) is 4.74 Å². The lowest BCUT2D eigenvalue weighted by Crippen LogP contribution is -2.16. The van der Waals surface area contributed by atoms with E-state index in [9.17, 15) is 14.4 Å². The van der Waals surface area contributed by atoms with Gasteiger partial charge >= 0.3 is 11.9 Å². The predicted molar refractivity (Wildman–Crippen MR) is 80.4 cm³/mol. The van der Waals surface area contributed by atoms with Crippen molar-refractivity contribution < 1.29 is 23.9 Å². The average Bonchev–Trinajstić information content (AvgIpc) is 2.47. The molecule has 0 atom stereocenters. The van der Waals surface area contributed by atoms with Crippen molar-refractivity contribution in [2.45, 2.75) is 6.92 Å². The Balaban J connectivity index is 2.37. The number of esters is 2. The zero-order valence-electron chi connectivity index (χ0n) is 11.9. The molecule has 0 unspecified atom stereocenters. The van der Waals surface area contributed by atoms with E-state index in [0.29, 0.717) is 17.9 Å². The lowest BCUT2D eigenvalue weighted by Gasteiger charge is -2.06. The van der Waals surface area contributed by atoms with E-state index in [1.807, 2.05) is 0 Å². The average molecular weight is 311 g/mol. The van der Waals surface area contributed by atoms with Crippen LogP contribution in [0.4, 0.5) is 5.69 Å². The molecule has 114 valence electrons. The quantitative estimate of drug-likeness (QED) is 0.772. The second-order valence-electron chi connectivity index (χ2n) is 3.91. The Labute approximate surface area is 127 Å². The van der Waals surface area contributed by atoms with Crippen molar-refractivity contribution in [1.29, 1.82) is 0 Å². The number of thioether (sulfide) groups is 1. The minimum atomic E-state index is -0.433. The number of methoxy groups -OCH3 is 1. The van der Waals surface area contributed by atoms with Crippen molar-refractivity contribution in [3.05, 3.63) is 29.8 Å². The number of carbonyl (C=O) groups excluding carboxylic acids is 3. The number of benzene rings is 1. The molecule has 7 heteroatoms. The molecule has 1 aromatic carbocycles. The highest BCUT2D eigenvalue weighted by Gasteiger charge is 2.08. The van der Waals surface area contributed by atoms with Crippen LogP contribution in [0.2, 0.25) is 0 Å². The van der Waals surface area contributed by atoms with Gasteiger partial charge in [-0.2, -0.15) is 0 Å². The molecule has 1 aromatic rings. The molecule has 1 amide bonds. The minimum absolute atomic E-state index is 0.141. The molecule has 1 rings (SSSR count). The SMILES string of the molecule is CCOC(=O)CSCC(=O)Nc1ccc(C(=O)OC)cc1. The van der Waals surface area contributed by atoms with Crippen molar-refractivity contribution in [3.8, 4) is 0 Å². The minimum Gasteiger partial charge on any atom is -0.465 e. The Kier molecular flexibility index (Phi) is 7.31. The number of nitrogens with one attached hydrogen (secondary N) is 1. The van der Waals surface area contributed by atoms with E-state index >= 15 is 0 Å². The predicted octanol–water partition coefficient (Wildman–Crippen LogP) is 1.71. The molecule has 0 fully saturated rings. The van der Waals surface area contributed by atoms with Gasteiger partial charge in [0.1, 0.15) is 0 Å². The van der Waals surface area contributed by atoms with Gasteiger partial charge in [-0.25, -0.2) is 4.79 Å². The van der Waals surface area contributed by atoms with Crippen LogP contribution in [0.5, 0.6) is 0 Å². The number of ether oxygens (including phenoxy) is 2. The Bertz CT molecular complexity index is 501. The molecule has 0 aromatic heterocycles. The summed E-state index contributed by atoms with van der Waals surface area (Å²) in [6, 6.07) is 6.35. The van der Waals surface area contributed by atoms with Crippen LogP contribution in [0.3, 0.4) is 0 Å². The molecule has 0 saturated carbocycles. The molecule has 0 aliphatic carbocycles. The fourth-order valence-electron chi connectivity index (χ4n) is 1.43. The van der Waals surface area contributed by atoms with E-state index in [-0.39, 0.29) is 23.4 Å². The molecule has 0 radical (unpaired) electrons. The van der Waals surface area contributed by atoms with Crippen LogP contribution in [-0.4, -0.2) is 43.1 Å². The van der Waals surface area contributed by atoms with E-state index in [2.05, 4.69) is 10.1 Å². The van der Waals surface area contributed by atoms with Crippen LogP contribution in [0.25, 0.3) is 0 Å². The van der Waals surface area contributed by atoms with Gasteiger partial charge in [-0.3, -0.25) is 9.59 Å². The Morgan fingerprint density at radius 3 is 2.38 bits per heavy atom. The van der Waals surface area contributed by atoms with Crippen molar-refractivity contribution in [2.24, 2.45) is 0 Å². The summed E-state index contributed by atoms with van der Waals surface area (Å²) in [5.74, 6) is -0.703. The van der Waals surface area contributed by atoms with Crippen LogP contribution in [0.15, 0.2) is 24.3 Å². The monoisotopic (exact) mass is 311 g/mol. The fourth-order valence-corrected chi connectivity index (χ4v) is 2.04. The third-order valence-corrected chi connectivity index (χ3v) is 3.25. The zero-order chi connectivity index (χ0) is 15.7. The van der Waals surface area contributed by atoms with Crippen LogP contribution in [-0.2, 0) is 19.1 Å². The second-order valence-corrected chi connectivity index (χ2v) is 4.90. The fraction of sp³-hybridized carbons (Fsp3) is 0.357. The van der Waals surface area contributed by atoms with Gasteiger partial charge in [0, 0.05) is 5.69 Å². The lowest BCUT2D eigenvalue weighted by molar-refractivity contribution is -0.139. The van der Waals surface area contributed by atoms with Gasteiger partial charge in [-0.15, -0.1) is 11.8 Å². The van der Waals surface area contributed by atoms with Crippen LogP contribution in [0.1, 0.15) is 17.3 Å². The van der Waals surface area contributed by atoms with Crippen molar-refractivity contribution in [3.63, 3.8) is 0 Å². The van der Waals surface area contributed by atoms with Crippen LogP contribution in [0, 0.1) is 0 Å². The number of anilines is 1. The molecule has 6 nitrogen and oxygen atoms in total. The molecule has 0 bridgehead atoms. The first-order valence-electron chi connectivity index (χ1n) is 6.28. The molecular weight excluding hydrogens is 294 g/mol.